The van der Waals surface area contributed by atoms with Gasteiger partial charge < -0.3 is 14.2 Å². The van der Waals surface area contributed by atoms with Gasteiger partial charge in [0.1, 0.15) is 24.0 Å². The number of ketones is 1. The van der Waals surface area contributed by atoms with Crippen LogP contribution < -0.4 is 9.47 Å². The van der Waals surface area contributed by atoms with Gasteiger partial charge >= 0.3 is 0 Å². The van der Waals surface area contributed by atoms with Crippen LogP contribution in [-0.2, 0) is 11.3 Å². The highest BCUT2D eigenvalue weighted by Crippen LogP contribution is 2.42. The molecule has 2 aromatic carbocycles. The van der Waals surface area contributed by atoms with Crippen LogP contribution in [0.5, 0.6) is 11.5 Å². The minimum absolute atomic E-state index is 0.129. The number of halogens is 1. The number of nitrogens with zero attached hydrogens (tertiary/aromatic N) is 1. The fourth-order valence-corrected chi connectivity index (χ4v) is 3.93. The van der Waals surface area contributed by atoms with Crippen LogP contribution in [0.25, 0.3) is 6.08 Å². The fraction of sp³-hybridized carbons (Fsp3) is 0.318. The first-order chi connectivity index (χ1) is 13.7. The molecule has 1 saturated heterocycles. The van der Waals surface area contributed by atoms with Gasteiger partial charge in [-0.1, -0.05) is 18.2 Å². The number of carbonyl (C=O) groups is 1. The lowest BCUT2D eigenvalue weighted by Crippen LogP contribution is -2.37. The maximum Gasteiger partial charge on any atom is 0.231 e. The Morgan fingerprint density at radius 2 is 2.11 bits per heavy atom. The van der Waals surface area contributed by atoms with E-state index in [1.807, 2.05) is 6.07 Å². The van der Waals surface area contributed by atoms with Crippen LogP contribution in [0.2, 0.25) is 0 Å². The predicted octanol–water partition coefficient (Wildman–Crippen LogP) is 3.77. The molecule has 0 amide bonds. The SMILES string of the molecule is O=C1/C(=C/c2ccccc2F)Oc2c1ccc1c2CN(C[C@H]2CCCO2)CO1. The van der Waals surface area contributed by atoms with Gasteiger partial charge in [-0.05, 0) is 37.1 Å². The molecule has 144 valence electrons. The first-order valence-electron chi connectivity index (χ1n) is 9.50. The molecule has 0 spiro atoms. The van der Waals surface area contributed by atoms with Gasteiger partial charge in [-0.15, -0.1) is 0 Å². The Kier molecular flexibility index (Phi) is 4.37. The molecule has 5 nitrogen and oxygen atoms in total. The summed E-state index contributed by atoms with van der Waals surface area (Å²) in [5, 5.41) is 0. The first kappa shape index (κ1) is 17.4. The summed E-state index contributed by atoms with van der Waals surface area (Å²) in [6.07, 6.45) is 3.83. The summed E-state index contributed by atoms with van der Waals surface area (Å²) in [6.45, 7) is 2.71. The molecule has 28 heavy (non-hydrogen) atoms. The summed E-state index contributed by atoms with van der Waals surface area (Å²) in [5.74, 6) is 0.738. The van der Waals surface area contributed by atoms with Gasteiger partial charge in [-0.2, -0.15) is 0 Å². The maximum atomic E-state index is 14.0. The van der Waals surface area contributed by atoms with Crippen molar-refractivity contribution in [3.63, 3.8) is 0 Å². The number of ether oxygens (including phenoxy) is 3. The van der Waals surface area contributed by atoms with Crippen LogP contribution >= 0.6 is 0 Å². The third kappa shape index (κ3) is 3.08. The van der Waals surface area contributed by atoms with Crippen LogP contribution in [-0.4, -0.2) is 36.7 Å². The van der Waals surface area contributed by atoms with Crippen molar-refractivity contribution in [3.8, 4) is 11.5 Å². The van der Waals surface area contributed by atoms with E-state index in [9.17, 15) is 9.18 Å². The highest BCUT2D eigenvalue weighted by molar-refractivity contribution is 6.15. The minimum Gasteiger partial charge on any atom is -0.478 e. The fourth-order valence-electron chi connectivity index (χ4n) is 3.93. The molecular formula is C22H20FNO4. The molecule has 0 radical (unpaired) electrons. The number of fused-ring (bicyclic) bond motifs is 3. The van der Waals surface area contributed by atoms with Crippen LogP contribution in [0.15, 0.2) is 42.2 Å². The van der Waals surface area contributed by atoms with Crippen LogP contribution in [0.4, 0.5) is 4.39 Å². The van der Waals surface area contributed by atoms with Gasteiger partial charge in [0, 0.05) is 25.3 Å². The third-order valence-corrected chi connectivity index (χ3v) is 5.36. The van der Waals surface area contributed by atoms with Crippen LogP contribution in [0, 0.1) is 5.82 Å². The largest absolute Gasteiger partial charge is 0.478 e. The molecule has 0 N–H and O–H groups in total. The minimum atomic E-state index is -0.393. The molecule has 1 atom stereocenters. The number of hydrogen-bond donors (Lipinski definition) is 0. The van der Waals surface area contributed by atoms with Gasteiger partial charge in [0.25, 0.3) is 0 Å². The van der Waals surface area contributed by atoms with E-state index in [1.165, 1.54) is 12.1 Å². The molecule has 0 saturated carbocycles. The zero-order chi connectivity index (χ0) is 19.1. The third-order valence-electron chi connectivity index (χ3n) is 5.36. The molecule has 5 rings (SSSR count). The molecule has 0 unspecified atom stereocenters. The lowest BCUT2D eigenvalue weighted by molar-refractivity contribution is 0.0274. The summed E-state index contributed by atoms with van der Waals surface area (Å²) in [7, 11) is 0. The van der Waals surface area contributed by atoms with Gasteiger partial charge in [0.15, 0.2) is 5.76 Å². The highest BCUT2D eigenvalue weighted by atomic mass is 19.1. The molecule has 3 aliphatic rings. The number of hydrogen-bond acceptors (Lipinski definition) is 5. The number of benzene rings is 2. The molecule has 1 fully saturated rings. The van der Waals surface area contributed by atoms with E-state index in [0.717, 1.165) is 37.3 Å². The highest BCUT2D eigenvalue weighted by Gasteiger charge is 2.34. The Labute approximate surface area is 162 Å². The van der Waals surface area contributed by atoms with E-state index in [1.54, 1.807) is 24.3 Å². The average Bonchev–Trinajstić information content (AvgIpc) is 3.32. The first-order valence-corrected chi connectivity index (χ1v) is 9.50. The summed E-state index contributed by atoms with van der Waals surface area (Å²) < 4.78 is 31.5. The van der Waals surface area contributed by atoms with E-state index in [-0.39, 0.29) is 17.6 Å². The maximum absolute atomic E-state index is 14.0. The van der Waals surface area contributed by atoms with Crippen molar-refractivity contribution in [1.82, 2.24) is 4.90 Å². The second-order valence-corrected chi connectivity index (χ2v) is 7.30. The Bertz CT molecular complexity index is 965. The van der Waals surface area contributed by atoms with Gasteiger partial charge in [-0.25, -0.2) is 4.39 Å². The lowest BCUT2D eigenvalue weighted by atomic mass is 10.0. The normalized spacial score (nSPS) is 22.7. The Morgan fingerprint density at radius 3 is 2.93 bits per heavy atom. The van der Waals surface area contributed by atoms with Crippen molar-refractivity contribution in [2.45, 2.75) is 25.5 Å². The summed E-state index contributed by atoms with van der Waals surface area (Å²) in [4.78, 5) is 14.9. The summed E-state index contributed by atoms with van der Waals surface area (Å²) in [5.41, 5.74) is 1.67. The quantitative estimate of drug-likeness (QED) is 0.758. The second-order valence-electron chi connectivity index (χ2n) is 7.30. The summed E-state index contributed by atoms with van der Waals surface area (Å²) >= 11 is 0. The zero-order valence-corrected chi connectivity index (χ0v) is 15.3. The summed E-state index contributed by atoms with van der Waals surface area (Å²) in [6, 6.07) is 9.83. The topological polar surface area (TPSA) is 48.0 Å². The van der Waals surface area contributed by atoms with Gasteiger partial charge in [0.2, 0.25) is 5.78 Å². The van der Waals surface area contributed by atoms with Gasteiger partial charge in [0.05, 0.1) is 17.2 Å². The molecule has 3 heterocycles. The standard InChI is InChI=1S/C22H20FNO4/c23-18-6-2-1-4-14(18)10-20-21(25)16-7-8-19-17(22(16)28-20)12-24(13-27-19)11-15-5-3-9-26-15/h1-2,4,6-8,10,15H,3,5,9,11-13H2/b20-10-/t15-/m1/s1. The predicted molar refractivity (Wildman–Crippen MR) is 101 cm³/mol. The van der Waals surface area contributed by atoms with Crippen molar-refractivity contribution >= 4 is 11.9 Å². The molecule has 0 aromatic heterocycles. The Balaban J connectivity index is 1.43. The van der Waals surface area contributed by atoms with Crippen molar-refractivity contribution in [2.24, 2.45) is 0 Å². The molecule has 3 aliphatic heterocycles. The number of Topliss-reactive ketones (excluding diaryl/α,β-unsaturated/α-hetero) is 1. The number of rotatable bonds is 3. The molecule has 0 bridgehead atoms. The Morgan fingerprint density at radius 1 is 1.21 bits per heavy atom. The van der Waals surface area contributed by atoms with E-state index in [2.05, 4.69) is 4.90 Å². The van der Waals surface area contributed by atoms with E-state index < -0.39 is 5.82 Å². The van der Waals surface area contributed by atoms with Crippen LogP contribution in [0.1, 0.15) is 34.3 Å². The number of allylic oxidation sites excluding steroid dienone is 1. The van der Waals surface area contributed by atoms with Crippen molar-refractivity contribution < 1.29 is 23.4 Å². The molecular weight excluding hydrogens is 361 g/mol. The lowest BCUT2D eigenvalue weighted by Gasteiger charge is -2.31. The average molecular weight is 381 g/mol. The van der Waals surface area contributed by atoms with E-state index in [0.29, 0.717) is 30.2 Å². The van der Waals surface area contributed by atoms with Crippen LogP contribution in [0.3, 0.4) is 0 Å². The monoisotopic (exact) mass is 381 g/mol. The molecule has 2 aromatic rings. The van der Waals surface area contributed by atoms with Gasteiger partial charge in [-0.3, -0.25) is 9.69 Å². The van der Waals surface area contributed by atoms with E-state index in [4.69, 9.17) is 14.2 Å². The number of carbonyl (C=O) groups excluding carboxylic acids is 1. The van der Waals surface area contributed by atoms with Crippen molar-refractivity contribution in [2.75, 3.05) is 19.9 Å². The zero-order valence-electron chi connectivity index (χ0n) is 15.3. The smallest absolute Gasteiger partial charge is 0.231 e. The molecule has 6 heteroatoms. The van der Waals surface area contributed by atoms with Crippen molar-refractivity contribution in [3.05, 3.63) is 64.7 Å². The second kappa shape index (κ2) is 7.04. The van der Waals surface area contributed by atoms with Crippen molar-refractivity contribution in [1.29, 1.82) is 0 Å². The Hall–Kier alpha value is -2.70. The van der Waals surface area contributed by atoms with E-state index >= 15 is 0 Å². The molecule has 0 aliphatic carbocycles.